The Morgan fingerprint density at radius 2 is 2.25 bits per heavy atom. The average molecular weight is 343 g/mol. The molecule has 0 bridgehead atoms. The van der Waals surface area contributed by atoms with E-state index in [1.807, 2.05) is 0 Å². The van der Waals surface area contributed by atoms with Crippen LogP contribution in [0, 0.1) is 12.7 Å². The van der Waals surface area contributed by atoms with E-state index in [4.69, 9.17) is 15.7 Å². The van der Waals surface area contributed by atoms with Crippen molar-refractivity contribution in [1.82, 2.24) is 9.78 Å². The Hall–Kier alpha value is -2.09. The minimum absolute atomic E-state index is 0.00867. The fraction of sp³-hybridized carbons (Fsp3) is 0.167. The molecule has 0 aliphatic heterocycles. The molecule has 0 unspecified atom stereocenters. The summed E-state index contributed by atoms with van der Waals surface area (Å²) in [7, 11) is 1.62. The first kappa shape index (κ1) is 14.3. The number of oxime groups is 1. The monoisotopic (exact) mass is 342 g/mol. The summed E-state index contributed by atoms with van der Waals surface area (Å²) in [6, 6.07) is 4.31. The van der Waals surface area contributed by atoms with Gasteiger partial charge in [0.05, 0.1) is 5.69 Å². The minimum atomic E-state index is -0.530. The molecule has 6 nitrogen and oxygen atoms in total. The molecule has 1 aromatic heterocycles. The molecule has 0 atom stereocenters. The first-order chi connectivity index (χ1) is 9.43. The van der Waals surface area contributed by atoms with Gasteiger partial charge in [0.15, 0.2) is 17.4 Å². The van der Waals surface area contributed by atoms with Crippen LogP contribution in [-0.4, -0.2) is 20.8 Å². The number of aromatic nitrogens is 2. The lowest BCUT2D eigenvalue weighted by molar-refractivity contribution is 0.318. The van der Waals surface area contributed by atoms with Crippen molar-refractivity contribution in [2.75, 3.05) is 0 Å². The SMILES string of the molecule is Cc1nn(C)c(Oc2cc(Br)ccc2F)c1/C(N)=N/O. The van der Waals surface area contributed by atoms with Gasteiger partial charge in [0, 0.05) is 11.5 Å². The Bertz CT molecular complexity index is 684. The fourth-order valence-corrected chi connectivity index (χ4v) is 2.10. The van der Waals surface area contributed by atoms with Crippen molar-refractivity contribution in [2.24, 2.45) is 17.9 Å². The molecule has 8 heteroatoms. The summed E-state index contributed by atoms with van der Waals surface area (Å²) in [6.45, 7) is 1.68. The number of halogens is 2. The Labute approximate surface area is 122 Å². The van der Waals surface area contributed by atoms with Crippen molar-refractivity contribution < 1.29 is 14.3 Å². The van der Waals surface area contributed by atoms with Crippen LogP contribution in [0.25, 0.3) is 0 Å². The van der Waals surface area contributed by atoms with Crippen LogP contribution >= 0.6 is 15.9 Å². The number of hydrogen-bond acceptors (Lipinski definition) is 4. The molecule has 1 aromatic carbocycles. The average Bonchev–Trinajstić information content (AvgIpc) is 2.68. The van der Waals surface area contributed by atoms with Crippen molar-refractivity contribution in [3.8, 4) is 11.6 Å². The number of amidine groups is 1. The Morgan fingerprint density at radius 1 is 1.55 bits per heavy atom. The molecule has 2 aromatic rings. The number of hydrogen-bond donors (Lipinski definition) is 2. The molecule has 0 saturated carbocycles. The molecule has 20 heavy (non-hydrogen) atoms. The van der Waals surface area contributed by atoms with Gasteiger partial charge in [-0.15, -0.1) is 0 Å². The van der Waals surface area contributed by atoms with Gasteiger partial charge in [0.25, 0.3) is 0 Å². The van der Waals surface area contributed by atoms with Crippen LogP contribution in [0.2, 0.25) is 0 Å². The van der Waals surface area contributed by atoms with Crippen LogP contribution in [0.4, 0.5) is 4.39 Å². The summed E-state index contributed by atoms with van der Waals surface area (Å²) >= 11 is 3.24. The zero-order valence-corrected chi connectivity index (χ0v) is 12.3. The zero-order chi connectivity index (χ0) is 14.9. The predicted molar refractivity (Wildman–Crippen MR) is 74.6 cm³/mol. The topological polar surface area (TPSA) is 85.7 Å². The minimum Gasteiger partial charge on any atom is -0.435 e. The number of nitrogens with zero attached hydrogens (tertiary/aromatic N) is 3. The molecular weight excluding hydrogens is 331 g/mol. The van der Waals surface area contributed by atoms with E-state index in [9.17, 15) is 4.39 Å². The number of rotatable bonds is 3. The summed E-state index contributed by atoms with van der Waals surface area (Å²) in [5, 5.41) is 15.8. The highest BCUT2D eigenvalue weighted by Gasteiger charge is 2.20. The zero-order valence-electron chi connectivity index (χ0n) is 10.8. The van der Waals surface area contributed by atoms with Crippen LogP contribution in [-0.2, 0) is 7.05 Å². The maximum absolute atomic E-state index is 13.7. The third-order valence-corrected chi connectivity index (χ3v) is 3.13. The van der Waals surface area contributed by atoms with Crippen LogP contribution in [0.15, 0.2) is 27.8 Å². The Balaban J connectivity index is 2.51. The number of benzene rings is 1. The van der Waals surface area contributed by atoms with Gasteiger partial charge in [0.2, 0.25) is 5.88 Å². The lowest BCUT2D eigenvalue weighted by Crippen LogP contribution is -2.15. The summed E-state index contributed by atoms with van der Waals surface area (Å²) in [6.07, 6.45) is 0. The molecule has 0 amide bonds. The lowest BCUT2D eigenvalue weighted by atomic mass is 10.2. The highest BCUT2D eigenvalue weighted by Crippen LogP contribution is 2.30. The van der Waals surface area contributed by atoms with E-state index in [0.717, 1.165) is 0 Å². The van der Waals surface area contributed by atoms with Gasteiger partial charge in [-0.2, -0.15) is 5.10 Å². The second kappa shape index (κ2) is 5.49. The Morgan fingerprint density at radius 3 is 2.90 bits per heavy atom. The van der Waals surface area contributed by atoms with Gasteiger partial charge in [0.1, 0.15) is 5.56 Å². The molecule has 0 aliphatic carbocycles. The third kappa shape index (κ3) is 2.60. The summed E-state index contributed by atoms with van der Waals surface area (Å²) in [5.41, 5.74) is 6.42. The first-order valence-corrected chi connectivity index (χ1v) is 6.37. The summed E-state index contributed by atoms with van der Waals surface area (Å²) in [5.74, 6) is -0.484. The predicted octanol–water partition coefficient (Wildman–Crippen LogP) is 2.52. The van der Waals surface area contributed by atoms with Crippen molar-refractivity contribution in [1.29, 1.82) is 0 Å². The van der Waals surface area contributed by atoms with Gasteiger partial charge in [-0.05, 0) is 25.1 Å². The Kier molecular flexibility index (Phi) is 3.93. The van der Waals surface area contributed by atoms with E-state index in [1.165, 1.54) is 16.8 Å². The van der Waals surface area contributed by atoms with Crippen LogP contribution in [0.1, 0.15) is 11.3 Å². The molecule has 2 rings (SSSR count). The summed E-state index contributed by atoms with van der Waals surface area (Å²) < 4.78 is 21.3. The van der Waals surface area contributed by atoms with E-state index in [1.54, 1.807) is 20.0 Å². The molecular formula is C12H12BrFN4O2. The van der Waals surface area contributed by atoms with Crippen molar-refractivity contribution in [3.63, 3.8) is 0 Å². The van der Waals surface area contributed by atoms with Gasteiger partial charge in [-0.1, -0.05) is 21.1 Å². The largest absolute Gasteiger partial charge is 0.435 e. The van der Waals surface area contributed by atoms with Gasteiger partial charge in [-0.25, -0.2) is 9.07 Å². The van der Waals surface area contributed by atoms with Crippen LogP contribution in [0.5, 0.6) is 11.6 Å². The quantitative estimate of drug-likeness (QED) is 0.388. The van der Waals surface area contributed by atoms with Crippen LogP contribution < -0.4 is 10.5 Å². The van der Waals surface area contributed by atoms with E-state index in [0.29, 0.717) is 15.7 Å². The normalized spacial score (nSPS) is 11.7. The molecule has 0 saturated heterocycles. The molecule has 0 aliphatic rings. The molecule has 0 radical (unpaired) electrons. The van der Waals surface area contributed by atoms with E-state index in [2.05, 4.69) is 26.2 Å². The van der Waals surface area contributed by atoms with E-state index < -0.39 is 5.82 Å². The maximum atomic E-state index is 13.7. The molecule has 1 heterocycles. The maximum Gasteiger partial charge on any atom is 0.229 e. The fourth-order valence-electron chi connectivity index (χ4n) is 1.76. The van der Waals surface area contributed by atoms with Gasteiger partial charge < -0.3 is 15.7 Å². The van der Waals surface area contributed by atoms with Crippen molar-refractivity contribution in [2.45, 2.75) is 6.92 Å². The highest BCUT2D eigenvalue weighted by atomic mass is 79.9. The third-order valence-electron chi connectivity index (χ3n) is 2.63. The van der Waals surface area contributed by atoms with E-state index >= 15 is 0 Å². The molecule has 0 spiro atoms. The molecule has 0 fully saturated rings. The second-order valence-corrected chi connectivity index (χ2v) is 4.97. The first-order valence-electron chi connectivity index (χ1n) is 5.58. The smallest absolute Gasteiger partial charge is 0.229 e. The second-order valence-electron chi connectivity index (χ2n) is 4.05. The van der Waals surface area contributed by atoms with Gasteiger partial charge >= 0.3 is 0 Å². The number of aryl methyl sites for hydroxylation is 2. The van der Waals surface area contributed by atoms with Crippen molar-refractivity contribution >= 4 is 21.8 Å². The summed E-state index contributed by atoms with van der Waals surface area (Å²) in [4.78, 5) is 0. The van der Waals surface area contributed by atoms with Crippen molar-refractivity contribution in [3.05, 3.63) is 39.7 Å². The molecule has 3 N–H and O–H groups in total. The highest BCUT2D eigenvalue weighted by molar-refractivity contribution is 9.10. The standard InChI is InChI=1S/C12H12BrFN4O2/c1-6-10(11(15)17-19)12(18(2)16-6)20-9-5-7(13)3-4-8(9)14/h3-5,19H,1-2H3,(H2,15,17). The van der Waals surface area contributed by atoms with Crippen LogP contribution in [0.3, 0.4) is 0 Å². The lowest BCUT2D eigenvalue weighted by Gasteiger charge is -2.09. The number of nitrogens with two attached hydrogens (primary N) is 1. The molecule has 106 valence electrons. The van der Waals surface area contributed by atoms with E-state index in [-0.39, 0.29) is 17.5 Å². The number of ether oxygens (including phenoxy) is 1. The van der Waals surface area contributed by atoms with Gasteiger partial charge in [-0.3, -0.25) is 0 Å².